The zero-order valence-corrected chi connectivity index (χ0v) is 13.6. The van der Waals surface area contributed by atoms with E-state index in [9.17, 15) is 9.90 Å². The standard InChI is InChI=1S/C15H25NO4S/c1-3-5-15(18)20-12-13(17)10-16(7-8-19-2)11-14-6-4-9-21-14/h4,6,9,13,17H,3,5,7-8,10-12H2,1-2H3. The van der Waals surface area contributed by atoms with Gasteiger partial charge in [0.2, 0.25) is 0 Å². The first-order chi connectivity index (χ1) is 10.2. The normalized spacial score (nSPS) is 12.6. The Morgan fingerprint density at radius 2 is 2.33 bits per heavy atom. The van der Waals surface area contributed by atoms with Crippen LogP contribution in [0, 0.1) is 0 Å². The van der Waals surface area contributed by atoms with Crippen LogP contribution in [0.1, 0.15) is 24.6 Å². The smallest absolute Gasteiger partial charge is 0.305 e. The molecule has 1 N–H and O–H groups in total. The lowest BCUT2D eigenvalue weighted by molar-refractivity contribution is -0.147. The highest BCUT2D eigenvalue weighted by Gasteiger charge is 2.14. The maximum absolute atomic E-state index is 11.3. The van der Waals surface area contributed by atoms with Crippen LogP contribution in [0.2, 0.25) is 0 Å². The SMILES string of the molecule is CCCC(=O)OCC(O)CN(CCOC)Cc1cccs1. The minimum absolute atomic E-state index is 0.0484. The summed E-state index contributed by atoms with van der Waals surface area (Å²) in [5, 5.41) is 12.0. The number of hydrogen-bond donors (Lipinski definition) is 1. The van der Waals surface area contributed by atoms with Crippen molar-refractivity contribution in [3.63, 3.8) is 0 Å². The highest BCUT2D eigenvalue weighted by atomic mass is 32.1. The van der Waals surface area contributed by atoms with Crippen molar-refractivity contribution < 1.29 is 19.4 Å². The average Bonchev–Trinajstić information content (AvgIpc) is 2.96. The molecule has 0 saturated carbocycles. The Kier molecular flexibility index (Phi) is 9.25. The van der Waals surface area contributed by atoms with Gasteiger partial charge < -0.3 is 14.6 Å². The molecule has 0 aliphatic rings. The third-order valence-corrected chi connectivity index (χ3v) is 3.79. The molecule has 0 amide bonds. The van der Waals surface area contributed by atoms with Crippen LogP contribution in [0.15, 0.2) is 17.5 Å². The second-order valence-electron chi connectivity index (χ2n) is 4.89. The number of hydrogen-bond acceptors (Lipinski definition) is 6. The van der Waals surface area contributed by atoms with Gasteiger partial charge in [-0.2, -0.15) is 0 Å². The van der Waals surface area contributed by atoms with Crippen LogP contribution >= 0.6 is 11.3 Å². The Hall–Kier alpha value is -0.950. The monoisotopic (exact) mass is 315 g/mol. The first-order valence-electron chi connectivity index (χ1n) is 7.23. The summed E-state index contributed by atoms with van der Waals surface area (Å²) in [7, 11) is 1.66. The van der Waals surface area contributed by atoms with Gasteiger partial charge in [0.05, 0.1) is 6.61 Å². The van der Waals surface area contributed by atoms with Crippen LogP contribution in [0.25, 0.3) is 0 Å². The second-order valence-corrected chi connectivity index (χ2v) is 5.93. The lowest BCUT2D eigenvalue weighted by Crippen LogP contribution is -2.36. The summed E-state index contributed by atoms with van der Waals surface area (Å²) in [6.45, 7) is 4.53. The molecule has 1 aromatic rings. The van der Waals surface area contributed by atoms with Gasteiger partial charge in [-0.05, 0) is 17.9 Å². The Balaban J connectivity index is 2.37. The molecule has 0 radical (unpaired) electrons. The molecule has 1 heterocycles. The first kappa shape index (κ1) is 18.1. The Morgan fingerprint density at radius 3 is 2.95 bits per heavy atom. The second kappa shape index (κ2) is 10.7. The van der Waals surface area contributed by atoms with Gasteiger partial charge >= 0.3 is 5.97 Å². The van der Waals surface area contributed by atoms with Crippen LogP contribution in [-0.4, -0.2) is 55.5 Å². The van der Waals surface area contributed by atoms with Gasteiger partial charge in [-0.1, -0.05) is 13.0 Å². The van der Waals surface area contributed by atoms with E-state index in [-0.39, 0.29) is 12.6 Å². The van der Waals surface area contributed by atoms with E-state index in [1.807, 2.05) is 18.4 Å². The maximum atomic E-state index is 11.3. The summed E-state index contributed by atoms with van der Waals surface area (Å²) in [6, 6.07) is 4.08. The maximum Gasteiger partial charge on any atom is 0.305 e. The minimum atomic E-state index is -0.678. The van der Waals surface area contributed by atoms with Gasteiger partial charge in [0.1, 0.15) is 12.7 Å². The van der Waals surface area contributed by atoms with Gasteiger partial charge in [-0.25, -0.2) is 0 Å². The minimum Gasteiger partial charge on any atom is -0.463 e. The molecule has 0 aromatic carbocycles. The molecule has 1 rings (SSSR count). The van der Waals surface area contributed by atoms with Crippen LogP contribution < -0.4 is 0 Å². The van der Waals surface area contributed by atoms with E-state index < -0.39 is 6.10 Å². The van der Waals surface area contributed by atoms with Crippen molar-refractivity contribution in [2.45, 2.75) is 32.4 Å². The van der Waals surface area contributed by atoms with E-state index in [0.717, 1.165) is 19.5 Å². The molecule has 0 saturated heterocycles. The molecule has 0 aliphatic heterocycles. The van der Waals surface area contributed by atoms with Gasteiger partial charge in [0.15, 0.2) is 0 Å². The summed E-state index contributed by atoms with van der Waals surface area (Å²) in [5.74, 6) is -0.252. The topological polar surface area (TPSA) is 59.0 Å². The van der Waals surface area contributed by atoms with Crippen LogP contribution in [0.4, 0.5) is 0 Å². The van der Waals surface area contributed by atoms with Gasteiger partial charge in [-0.3, -0.25) is 9.69 Å². The molecule has 21 heavy (non-hydrogen) atoms. The average molecular weight is 315 g/mol. The van der Waals surface area contributed by atoms with Gasteiger partial charge in [0.25, 0.3) is 0 Å². The third kappa shape index (κ3) is 8.16. The van der Waals surface area contributed by atoms with E-state index in [1.54, 1.807) is 18.4 Å². The quantitative estimate of drug-likeness (QED) is 0.632. The van der Waals surface area contributed by atoms with Crippen LogP contribution in [0.5, 0.6) is 0 Å². The predicted octanol–water partition coefficient (Wildman–Crippen LogP) is 1.90. The third-order valence-electron chi connectivity index (χ3n) is 2.93. The van der Waals surface area contributed by atoms with Crippen LogP contribution in [0.3, 0.4) is 0 Å². The number of rotatable bonds is 11. The largest absolute Gasteiger partial charge is 0.463 e. The lowest BCUT2D eigenvalue weighted by Gasteiger charge is -2.24. The fourth-order valence-corrected chi connectivity index (χ4v) is 2.64. The molecule has 1 unspecified atom stereocenters. The summed E-state index contributed by atoms with van der Waals surface area (Å²) in [6.07, 6.45) is 0.477. The molecule has 5 nitrogen and oxygen atoms in total. The molecule has 0 spiro atoms. The predicted molar refractivity (Wildman–Crippen MR) is 83.3 cm³/mol. The van der Waals surface area contributed by atoms with Crippen molar-refractivity contribution in [3.05, 3.63) is 22.4 Å². The molecule has 0 aliphatic carbocycles. The van der Waals surface area contributed by atoms with E-state index in [2.05, 4.69) is 11.0 Å². The molecule has 0 bridgehead atoms. The molecular weight excluding hydrogens is 290 g/mol. The molecule has 120 valence electrons. The van der Waals surface area contributed by atoms with E-state index >= 15 is 0 Å². The molecule has 1 atom stereocenters. The number of esters is 1. The van der Waals surface area contributed by atoms with Crippen molar-refractivity contribution in [3.8, 4) is 0 Å². The molecule has 1 aromatic heterocycles. The molecular formula is C15H25NO4S. The number of aliphatic hydroxyl groups is 1. The van der Waals surface area contributed by atoms with Crippen molar-refractivity contribution in [2.75, 3.05) is 33.4 Å². The van der Waals surface area contributed by atoms with Gasteiger partial charge in [0, 0.05) is 38.0 Å². The fourth-order valence-electron chi connectivity index (χ4n) is 1.89. The number of carbonyl (C=O) groups excluding carboxylic acids is 1. The van der Waals surface area contributed by atoms with Crippen molar-refractivity contribution in [1.29, 1.82) is 0 Å². The van der Waals surface area contributed by atoms with Gasteiger partial charge in [-0.15, -0.1) is 11.3 Å². The fraction of sp³-hybridized carbons (Fsp3) is 0.667. The summed E-state index contributed by atoms with van der Waals surface area (Å²) >= 11 is 1.69. The number of methoxy groups -OCH3 is 1. The van der Waals surface area contributed by atoms with Crippen LogP contribution in [-0.2, 0) is 20.8 Å². The first-order valence-corrected chi connectivity index (χ1v) is 8.11. The molecule has 6 heteroatoms. The number of thiophene rings is 1. The Bertz CT molecular complexity index is 383. The number of ether oxygens (including phenoxy) is 2. The number of nitrogens with zero attached hydrogens (tertiary/aromatic N) is 1. The summed E-state index contributed by atoms with van der Waals surface area (Å²) in [5.41, 5.74) is 0. The molecule has 0 fully saturated rings. The number of aliphatic hydroxyl groups excluding tert-OH is 1. The van der Waals surface area contributed by atoms with Crippen molar-refractivity contribution in [2.24, 2.45) is 0 Å². The Morgan fingerprint density at radius 1 is 1.52 bits per heavy atom. The summed E-state index contributed by atoms with van der Waals surface area (Å²) < 4.78 is 10.1. The van der Waals surface area contributed by atoms with E-state index in [4.69, 9.17) is 9.47 Å². The lowest BCUT2D eigenvalue weighted by atomic mass is 10.3. The van der Waals surface area contributed by atoms with E-state index in [0.29, 0.717) is 19.6 Å². The zero-order chi connectivity index (χ0) is 15.5. The highest BCUT2D eigenvalue weighted by molar-refractivity contribution is 7.09. The van der Waals surface area contributed by atoms with Crippen molar-refractivity contribution >= 4 is 17.3 Å². The Labute approximate surface area is 130 Å². The van der Waals surface area contributed by atoms with Crippen molar-refractivity contribution in [1.82, 2.24) is 4.90 Å². The van der Waals surface area contributed by atoms with E-state index in [1.165, 1.54) is 4.88 Å². The summed E-state index contributed by atoms with van der Waals surface area (Å²) in [4.78, 5) is 14.6. The zero-order valence-electron chi connectivity index (χ0n) is 12.8. The number of carbonyl (C=O) groups is 1. The highest BCUT2D eigenvalue weighted by Crippen LogP contribution is 2.12.